The molecule has 0 heterocycles. The molecule has 0 fully saturated rings. The molecule has 1 aromatic carbocycles. The number of nitrogens with one attached hydrogen (secondary N) is 1. The molecule has 0 aliphatic heterocycles. The third-order valence-electron chi connectivity index (χ3n) is 2.66. The molecule has 4 heteroatoms. The van der Waals surface area contributed by atoms with Crippen LogP contribution in [0.5, 0.6) is 5.75 Å². The molecule has 20 heavy (non-hydrogen) atoms. The molecule has 0 radical (unpaired) electrons. The van der Waals surface area contributed by atoms with Crippen LogP contribution in [-0.4, -0.2) is 18.2 Å². The highest BCUT2D eigenvalue weighted by Crippen LogP contribution is 2.20. The van der Waals surface area contributed by atoms with Gasteiger partial charge in [-0.2, -0.15) is 0 Å². The summed E-state index contributed by atoms with van der Waals surface area (Å²) in [6.07, 6.45) is 0. The first kappa shape index (κ1) is 16.1. The Morgan fingerprint density at radius 2 is 1.90 bits per heavy atom. The Kier molecular flexibility index (Phi) is 5.62. The summed E-state index contributed by atoms with van der Waals surface area (Å²) in [6, 6.07) is 7.59. The van der Waals surface area contributed by atoms with E-state index in [1.165, 1.54) is 0 Å². The second-order valence-electron chi connectivity index (χ2n) is 5.11. The van der Waals surface area contributed by atoms with Gasteiger partial charge >= 0.3 is 5.97 Å². The Bertz CT molecular complexity index is 463. The number of hydrogen-bond donors (Lipinski definition) is 1. The molecule has 0 aromatic heterocycles. The fraction of sp³-hybridized carbons (Fsp3) is 0.438. The first-order valence-electron chi connectivity index (χ1n) is 6.69. The van der Waals surface area contributed by atoms with Crippen LogP contribution in [0, 0.1) is 0 Å². The van der Waals surface area contributed by atoms with Crippen molar-refractivity contribution < 1.29 is 14.3 Å². The fourth-order valence-corrected chi connectivity index (χ4v) is 1.57. The van der Waals surface area contributed by atoms with Gasteiger partial charge in [0.25, 0.3) is 0 Å². The second kappa shape index (κ2) is 6.98. The van der Waals surface area contributed by atoms with Gasteiger partial charge in [0.1, 0.15) is 5.75 Å². The third-order valence-corrected chi connectivity index (χ3v) is 2.66. The minimum Gasteiger partial charge on any atom is -0.476 e. The normalized spacial score (nSPS) is 10.8. The highest BCUT2D eigenvalue weighted by atomic mass is 16.6. The van der Waals surface area contributed by atoms with Crippen molar-refractivity contribution in [2.24, 2.45) is 0 Å². The minimum atomic E-state index is -0.993. The van der Waals surface area contributed by atoms with Crippen LogP contribution in [-0.2, 0) is 16.1 Å². The lowest BCUT2D eigenvalue weighted by molar-refractivity contribution is -0.158. The summed E-state index contributed by atoms with van der Waals surface area (Å²) in [5, 5.41) is 3.16. The molecule has 0 aliphatic carbocycles. The van der Waals surface area contributed by atoms with Gasteiger partial charge in [-0.05, 0) is 45.4 Å². The second-order valence-corrected chi connectivity index (χ2v) is 5.11. The Hall–Kier alpha value is -1.97. The summed E-state index contributed by atoms with van der Waals surface area (Å²) < 4.78 is 10.7. The standard InChI is InChI=1S/C16H23NO3/c1-6-19-15(18)16(4,5)20-14-9-7-13(8-10-14)11-17-12(2)3/h7-10,17H,2,6,11H2,1,3-5H3. The first-order chi connectivity index (χ1) is 9.35. The molecule has 0 unspecified atom stereocenters. The van der Waals surface area contributed by atoms with Crippen LogP contribution >= 0.6 is 0 Å². The lowest BCUT2D eigenvalue weighted by Gasteiger charge is -2.24. The summed E-state index contributed by atoms with van der Waals surface area (Å²) in [6.45, 7) is 11.9. The van der Waals surface area contributed by atoms with Crippen molar-refractivity contribution in [3.63, 3.8) is 0 Å². The molecule has 1 rings (SSSR count). The molecule has 0 aliphatic rings. The van der Waals surface area contributed by atoms with Gasteiger partial charge in [0.05, 0.1) is 6.61 Å². The SMILES string of the molecule is C=C(C)NCc1ccc(OC(C)(C)C(=O)OCC)cc1. The van der Waals surface area contributed by atoms with Gasteiger partial charge in [0.15, 0.2) is 5.60 Å². The van der Waals surface area contributed by atoms with Crippen LogP contribution < -0.4 is 10.1 Å². The van der Waals surface area contributed by atoms with Crippen LogP contribution in [0.3, 0.4) is 0 Å². The molecule has 4 nitrogen and oxygen atoms in total. The van der Waals surface area contributed by atoms with E-state index < -0.39 is 5.60 Å². The smallest absolute Gasteiger partial charge is 0.349 e. The Labute approximate surface area is 120 Å². The van der Waals surface area contributed by atoms with E-state index in [-0.39, 0.29) is 5.97 Å². The average molecular weight is 277 g/mol. The molecule has 1 aromatic rings. The van der Waals surface area contributed by atoms with Crippen molar-refractivity contribution in [2.45, 2.75) is 39.8 Å². The molecule has 0 saturated carbocycles. The van der Waals surface area contributed by atoms with Gasteiger partial charge in [-0.3, -0.25) is 0 Å². The van der Waals surface area contributed by atoms with Crippen molar-refractivity contribution in [3.05, 3.63) is 42.1 Å². The Balaban J connectivity index is 2.64. The number of ether oxygens (including phenoxy) is 2. The van der Waals surface area contributed by atoms with Crippen LogP contribution in [0.4, 0.5) is 0 Å². The maximum atomic E-state index is 11.7. The topological polar surface area (TPSA) is 47.6 Å². The fourth-order valence-electron chi connectivity index (χ4n) is 1.57. The lowest BCUT2D eigenvalue weighted by Crippen LogP contribution is -2.39. The molecule has 0 spiro atoms. The first-order valence-corrected chi connectivity index (χ1v) is 6.69. The van der Waals surface area contributed by atoms with Crippen molar-refractivity contribution in [2.75, 3.05) is 6.61 Å². The van der Waals surface area contributed by atoms with E-state index in [0.29, 0.717) is 12.4 Å². The predicted molar refractivity (Wildman–Crippen MR) is 79.4 cm³/mol. The average Bonchev–Trinajstić information content (AvgIpc) is 2.37. The maximum absolute atomic E-state index is 11.7. The summed E-state index contributed by atoms with van der Waals surface area (Å²) in [7, 11) is 0. The molecular weight excluding hydrogens is 254 g/mol. The number of allylic oxidation sites excluding steroid dienone is 1. The quantitative estimate of drug-likeness (QED) is 0.778. The Morgan fingerprint density at radius 1 is 1.30 bits per heavy atom. The van der Waals surface area contributed by atoms with Crippen molar-refractivity contribution in [3.8, 4) is 5.75 Å². The van der Waals surface area contributed by atoms with Crippen LogP contribution in [0.25, 0.3) is 0 Å². The van der Waals surface area contributed by atoms with E-state index in [1.807, 2.05) is 31.2 Å². The van der Waals surface area contributed by atoms with Gasteiger partial charge in [-0.1, -0.05) is 18.7 Å². The molecule has 1 N–H and O–H groups in total. The lowest BCUT2D eigenvalue weighted by atomic mass is 10.1. The summed E-state index contributed by atoms with van der Waals surface area (Å²) >= 11 is 0. The van der Waals surface area contributed by atoms with Gasteiger partial charge in [-0.25, -0.2) is 4.79 Å². The maximum Gasteiger partial charge on any atom is 0.349 e. The number of benzene rings is 1. The number of carbonyl (C=O) groups excluding carboxylic acids is 1. The molecule has 110 valence electrons. The number of carbonyl (C=O) groups is 1. The van der Waals surface area contributed by atoms with Crippen molar-refractivity contribution in [1.82, 2.24) is 5.32 Å². The highest BCUT2D eigenvalue weighted by molar-refractivity contribution is 5.79. The zero-order valence-corrected chi connectivity index (χ0v) is 12.7. The van der Waals surface area contributed by atoms with E-state index in [2.05, 4.69) is 11.9 Å². The van der Waals surface area contributed by atoms with E-state index >= 15 is 0 Å². The summed E-state index contributed by atoms with van der Waals surface area (Å²) in [5.74, 6) is 0.273. The van der Waals surface area contributed by atoms with E-state index in [9.17, 15) is 4.79 Å². The monoisotopic (exact) mass is 277 g/mol. The molecule has 0 saturated heterocycles. The van der Waals surface area contributed by atoms with Gasteiger partial charge in [0.2, 0.25) is 0 Å². The molecule has 0 bridgehead atoms. The van der Waals surface area contributed by atoms with Crippen LogP contribution in [0.15, 0.2) is 36.5 Å². The molecular formula is C16H23NO3. The predicted octanol–water partition coefficient (Wildman–Crippen LogP) is 3.03. The highest BCUT2D eigenvalue weighted by Gasteiger charge is 2.31. The van der Waals surface area contributed by atoms with E-state index in [4.69, 9.17) is 9.47 Å². The van der Waals surface area contributed by atoms with Crippen molar-refractivity contribution >= 4 is 5.97 Å². The number of rotatable bonds is 7. The largest absolute Gasteiger partial charge is 0.476 e. The van der Waals surface area contributed by atoms with Gasteiger partial charge < -0.3 is 14.8 Å². The summed E-state index contributed by atoms with van der Waals surface area (Å²) in [4.78, 5) is 11.7. The van der Waals surface area contributed by atoms with E-state index in [0.717, 1.165) is 17.8 Å². The minimum absolute atomic E-state index is 0.344. The zero-order valence-electron chi connectivity index (χ0n) is 12.7. The molecule has 0 amide bonds. The van der Waals surface area contributed by atoms with Gasteiger partial charge in [-0.15, -0.1) is 0 Å². The zero-order chi connectivity index (χ0) is 15.2. The number of hydrogen-bond acceptors (Lipinski definition) is 4. The van der Waals surface area contributed by atoms with E-state index in [1.54, 1.807) is 20.8 Å². The summed E-state index contributed by atoms with van der Waals surface area (Å²) in [5.41, 5.74) is 1.05. The number of esters is 1. The van der Waals surface area contributed by atoms with Crippen molar-refractivity contribution in [1.29, 1.82) is 0 Å². The molecule has 0 atom stereocenters. The third kappa shape index (κ3) is 4.96. The van der Waals surface area contributed by atoms with Gasteiger partial charge in [0, 0.05) is 12.2 Å². The Morgan fingerprint density at radius 3 is 2.40 bits per heavy atom. The van der Waals surface area contributed by atoms with Crippen LogP contribution in [0.1, 0.15) is 33.3 Å². The van der Waals surface area contributed by atoms with Crippen LogP contribution in [0.2, 0.25) is 0 Å².